The summed E-state index contributed by atoms with van der Waals surface area (Å²) in [4.78, 5) is 25.4. The van der Waals surface area contributed by atoms with E-state index in [0.29, 0.717) is 32.0 Å². The van der Waals surface area contributed by atoms with E-state index in [0.717, 1.165) is 0 Å². The van der Waals surface area contributed by atoms with E-state index in [1.165, 1.54) is 19.1 Å². The number of hydrogen-bond donors (Lipinski definition) is 1. The highest BCUT2D eigenvalue weighted by atomic mass is 16.5. The fraction of sp³-hybridized carbons (Fsp3) is 0.615. The Balaban J connectivity index is 2.56. The monoisotopic (exact) mass is 315 g/mol. The van der Waals surface area contributed by atoms with E-state index in [4.69, 9.17) is 19.9 Å². The molecular weight excluding hydrogens is 294 g/mol. The Morgan fingerprint density at radius 1 is 1.23 bits per heavy atom. The first-order valence-corrected chi connectivity index (χ1v) is 6.65. The maximum absolute atomic E-state index is 12.1. The number of aromatic nitrogens is 1. The number of anilines is 1. The van der Waals surface area contributed by atoms with Crippen molar-refractivity contribution in [3.05, 3.63) is 11.3 Å². The number of rotatable bonds is 9. The lowest BCUT2D eigenvalue weighted by Crippen LogP contribution is -2.39. The Hall–Kier alpha value is -2.13. The van der Waals surface area contributed by atoms with Crippen LogP contribution < -0.4 is 5.73 Å². The van der Waals surface area contributed by atoms with Crippen LogP contribution in [0.15, 0.2) is 4.52 Å². The first-order valence-electron chi connectivity index (χ1n) is 6.65. The summed E-state index contributed by atoms with van der Waals surface area (Å²) in [6, 6.07) is 0. The van der Waals surface area contributed by atoms with Crippen molar-refractivity contribution in [3.8, 4) is 0 Å². The molecule has 9 nitrogen and oxygen atoms in total. The molecule has 0 fully saturated rings. The average Bonchev–Trinajstić information content (AvgIpc) is 2.83. The number of esters is 1. The second-order valence-corrected chi connectivity index (χ2v) is 4.45. The second-order valence-electron chi connectivity index (χ2n) is 4.45. The van der Waals surface area contributed by atoms with Crippen molar-refractivity contribution in [1.29, 1.82) is 0 Å². The molecule has 22 heavy (non-hydrogen) atoms. The highest BCUT2D eigenvalue weighted by Gasteiger charge is 2.22. The smallest absolute Gasteiger partial charge is 0.346 e. The molecule has 0 saturated carbocycles. The maximum Gasteiger partial charge on any atom is 0.346 e. The minimum absolute atomic E-state index is 0.0353. The van der Waals surface area contributed by atoms with Crippen LogP contribution >= 0.6 is 0 Å². The number of ether oxygens (including phenoxy) is 3. The third-order valence-electron chi connectivity index (χ3n) is 2.90. The van der Waals surface area contributed by atoms with Crippen molar-refractivity contribution >= 4 is 17.8 Å². The van der Waals surface area contributed by atoms with Gasteiger partial charge in [-0.05, 0) is 6.92 Å². The molecule has 0 bridgehead atoms. The number of carbonyl (C=O) groups is 2. The van der Waals surface area contributed by atoms with E-state index in [-0.39, 0.29) is 17.4 Å². The zero-order valence-electron chi connectivity index (χ0n) is 13.0. The normalized spacial score (nSPS) is 10.5. The van der Waals surface area contributed by atoms with Gasteiger partial charge in [-0.2, -0.15) is 0 Å². The van der Waals surface area contributed by atoms with E-state index in [1.807, 2.05) is 0 Å². The molecule has 124 valence electrons. The van der Waals surface area contributed by atoms with Crippen molar-refractivity contribution in [1.82, 2.24) is 10.1 Å². The standard InChI is InChI=1S/C13H21N3O6/c1-9-11(12(14)22-15-9)13(18)21-8-10(17)16(4-6-19-2)5-7-20-3/h4-8,14H2,1-3H3. The van der Waals surface area contributed by atoms with Crippen LogP contribution in [0.4, 0.5) is 5.88 Å². The highest BCUT2D eigenvalue weighted by molar-refractivity contribution is 5.96. The molecule has 1 aromatic heterocycles. The van der Waals surface area contributed by atoms with Gasteiger partial charge in [0.05, 0.1) is 18.9 Å². The lowest BCUT2D eigenvalue weighted by Gasteiger charge is -2.21. The lowest BCUT2D eigenvalue weighted by atomic mass is 10.2. The Kier molecular flexibility index (Phi) is 7.33. The minimum Gasteiger partial charge on any atom is -0.452 e. The Morgan fingerprint density at radius 3 is 2.27 bits per heavy atom. The summed E-state index contributed by atoms with van der Waals surface area (Å²) < 4.78 is 19.5. The zero-order chi connectivity index (χ0) is 16.5. The summed E-state index contributed by atoms with van der Waals surface area (Å²) >= 11 is 0. The number of nitrogen functional groups attached to an aromatic ring is 1. The van der Waals surface area contributed by atoms with Crippen molar-refractivity contribution in [2.24, 2.45) is 0 Å². The van der Waals surface area contributed by atoms with Gasteiger partial charge in [-0.15, -0.1) is 0 Å². The molecule has 0 aliphatic carbocycles. The molecule has 0 aliphatic rings. The number of carbonyl (C=O) groups excluding carboxylic acids is 2. The number of nitrogens with zero attached hydrogens (tertiary/aromatic N) is 2. The van der Waals surface area contributed by atoms with Gasteiger partial charge in [-0.1, -0.05) is 5.16 Å². The molecule has 1 rings (SSSR count). The molecule has 0 atom stereocenters. The number of hydrogen-bond acceptors (Lipinski definition) is 8. The molecule has 1 aromatic rings. The largest absolute Gasteiger partial charge is 0.452 e. The minimum atomic E-state index is -0.747. The van der Waals surface area contributed by atoms with Crippen LogP contribution in [0.3, 0.4) is 0 Å². The second kappa shape index (κ2) is 9.00. The first-order chi connectivity index (χ1) is 10.5. The predicted molar refractivity (Wildman–Crippen MR) is 76.3 cm³/mol. The fourth-order valence-electron chi connectivity index (χ4n) is 1.69. The number of methoxy groups -OCH3 is 2. The van der Waals surface area contributed by atoms with Crippen LogP contribution in [0.1, 0.15) is 16.1 Å². The summed E-state index contributed by atoms with van der Waals surface area (Å²) in [7, 11) is 3.08. The van der Waals surface area contributed by atoms with E-state index in [1.54, 1.807) is 6.92 Å². The van der Waals surface area contributed by atoms with Crippen LogP contribution in [0.25, 0.3) is 0 Å². The molecule has 2 N–H and O–H groups in total. The summed E-state index contributed by atoms with van der Waals surface area (Å²) in [5.41, 5.74) is 5.83. The van der Waals surface area contributed by atoms with Crippen LogP contribution in [0.5, 0.6) is 0 Å². The third kappa shape index (κ3) is 5.01. The van der Waals surface area contributed by atoms with Gasteiger partial charge in [-0.3, -0.25) is 4.79 Å². The molecule has 0 aliphatic heterocycles. The van der Waals surface area contributed by atoms with Crippen molar-refractivity contribution in [2.45, 2.75) is 6.92 Å². The molecule has 0 unspecified atom stereocenters. The van der Waals surface area contributed by atoms with Crippen molar-refractivity contribution < 1.29 is 28.3 Å². The Morgan fingerprint density at radius 2 is 1.82 bits per heavy atom. The topological polar surface area (TPSA) is 117 Å². The molecule has 0 spiro atoms. The van der Waals surface area contributed by atoms with Crippen LogP contribution in [-0.4, -0.2) is 69.1 Å². The summed E-state index contributed by atoms with van der Waals surface area (Å²) in [5.74, 6) is -1.23. The average molecular weight is 315 g/mol. The van der Waals surface area contributed by atoms with Gasteiger partial charge in [-0.25, -0.2) is 4.79 Å². The van der Waals surface area contributed by atoms with Gasteiger partial charge in [0.2, 0.25) is 5.88 Å². The highest BCUT2D eigenvalue weighted by Crippen LogP contribution is 2.16. The van der Waals surface area contributed by atoms with E-state index >= 15 is 0 Å². The lowest BCUT2D eigenvalue weighted by molar-refractivity contribution is -0.135. The quantitative estimate of drug-likeness (QED) is 0.625. The number of amides is 1. The summed E-state index contributed by atoms with van der Waals surface area (Å²) in [5, 5.41) is 3.55. The third-order valence-corrected chi connectivity index (χ3v) is 2.90. The van der Waals surface area contributed by atoms with Gasteiger partial charge in [0.25, 0.3) is 5.91 Å². The molecule has 0 saturated heterocycles. The maximum atomic E-state index is 12.1. The molecule has 1 heterocycles. The van der Waals surface area contributed by atoms with Crippen LogP contribution in [0.2, 0.25) is 0 Å². The Bertz CT molecular complexity index is 474. The SMILES string of the molecule is COCCN(CCOC)C(=O)COC(=O)c1c(C)noc1N. The van der Waals surface area contributed by atoms with Gasteiger partial charge < -0.3 is 29.4 Å². The Labute approximate surface area is 128 Å². The van der Waals surface area contributed by atoms with Gasteiger partial charge in [0.1, 0.15) is 5.56 Å². The van der Waals surface area contributed by atoms with E-state index in [9.17, 15) is 9.59 Å². The van der Waals surface area contributed by atoms with Crippen molar-refractivity contribution in [3.63, 3.8) is 0 Å². The molecule has 9 heteroatoms. The molecule has 0 radical (unpaired) electrons. The summed E-state index contributed by atoms with van der Waals surface area (Å²) in [6.45, 7) is 2.66. The van der Waals surface area contributed by atoms with Crippen molar-refractivity contribution in [2.75, 3.05) is 52.9 Å². The molecular formula is C13H21N3O6. The van der Waals surface area contributed by atoms with Gasteiger partial charge in [0.15, 0.2) is 6.61 Å². The number of nitrogens with two attached hydrogens (primary N) is 1. The van der Waals surface area contributed by atoms with E-state index in [2.05, 4.69) is 9.68 Å². The van der Waals surface area contributed by atoms with Crippen LogP contribution in [0, 0.1) is 6.92 Å². The van der Waals surface area contributed by atoms with Gasteiger partial charge >= 0.3 is 5.97 Å². The molecule has 1 amide bonds. The fourth-order valence-corrected chi connectivity index (χ4v) is 1.69. The van der Waals surface area contributed by atoms with Crippen LogP contribution in [-0.2, 0) is 19.0 Å². The van der Waals surface area contributed by atoms with E-state index < -0.39 is 12.6 Å². The zero-order valence-corrected chi connectivity index (χ0v) is 13.0. The summed E-state index contributed by atoms with van der Waals surface area (Å²) in [6.07, 6.45) is 0. The predicted octanol–water partition coefficient (Wildman–Crippen LogP) is -0.157. The first kappa shape index (κ1) is 17.9. The molecule has 0 aromatic carbocycles. The number of aryl methyl sites for hydroxylation is 1. The van der Waals surface area contributed by atoms with Gasteiger partial charge in [0, 0.05) is 27.3 Å².